The zero-order valence-corrected chi connectivity index (χ0v) is 19.8. The number of methoxy groups -OCH3 is 1. The van der Waals surface area contributed by atoms with Crippen molar-refractivity contribution < 1.29 is 29.3 Å². The van der Waals surface area contributed by atoms with Gasteiger partial charge in [-0.2, -0.15) is 0 Å². The minimum atomic E-state index is -1.26. The summed E-state index contributed by atoms with van der Waals surface area (Å²) in [5.74, 6) is 1.47. The van der Waals surface area contributed by atoms with Crippen molar-refractivity contribution in [3.63, 3.8) is 0 Å². The van der Waals surface area contributed by atoms with Gasteiger partial charge in [0.05, 0.1) is 13.7 Å². The summed E-state index contributed by atoms with van der Waals surface area (Å²) in [6.45, 7) is 4.90. The molecule has 2 aromatic rings. The third-order valence-corrected chi connectivity index (χ3v) is 5.96. The van der Waals surface area contributed by atoms with E-state index in [2.05, 4.69) is 20.2 Å². The number of aliphatic carboxylic acids is 2. The second kappa shape index (κ2) is 13.3. The van der Waals surface area contributed by atoms with E-state index in [0.29, 0.717) is 18.1 Å². The molecular weight excluding hydrogens is 452 g/mol. The predicted octanol–water partition coefficient (Wildman–Crippen LogP) is 2.25. The maximum atomic E-state index is 9.55. The Morgan fingerprint density at radius 2 is 1.74 bits per heavy atom. The number of hydrogen-bond acceptors (Lipinski definition) is 8. The highest BCUT2D eigenvalue weighted by molar-refractivity contribution is 5.89. The molecule has 10 heteroatoms. The van der Waals surface area contributed by atoms with E-state index < -0.39 is 11.9 Å². The number of nitrogens with zero attached hydrogens (tertiary/aromatic N) is 3. The van der Waals surface area contributed by atoms with Crippen LogP contribution in [0.1, 0.15) is 18.4 Å². The molecule has 1 aromatic heterocycles. The Kier molecular flexibility index (Phi) is 9.85. The van der Waals surface area contributed by atoms with Crippen LogP contribution in [-0.2, 0) is 16.0 Å². The molecule has 0 spiro atoms. The normalized spacial score (nSPS) is 17.6. The van der Waals surface area contributed by atoms with E-state index in [9.17, 15) is 9.59 Å². The van der Waals surface area contributed by atoms with Crippen LogP contribution in [0, 0.1) is 11.8 Å². The first-order valence-electron chi connectivity index (χ1n) is 11.6. The lowest BCUT2D eigenvalue weighted by Crippen LogP contribution is -2.40. The van der Waals surface area contributed by atoms with Gasteiger partial charge in [0.2, 0.25) is 5.95 Å². The molecule has 1 saturated heterocycles. The molecule has 35 heavy (non-hydrogen) atoms. The fourth-order valence-electron chi connectivity index (χ4n) is 4.19. The van der Waals surface area contributed by atoms with Gasteiger partial charge in [0.15, 0.2) is 0 Å². The predicted molar refractivity (Wildman–Crippen MR) is 130 cm³/mol. The van der Waals surface area contributed by atoms with Crippen LogP contribution in [0.25, 0.3) is 0 Å². The Morgan fingerprint density at radius 3 is 2.37 bits per heavy atom. The number of anilines is 1. The van der Waals surface area contributed by atoms with Crippen LogP contribution >= 0.6 is 0 Å². The van der Waals surface area contributed by atoms with Crippen molar-refractivity contribution in [3.05, 3.63) is 54.4 Å². The van der Waals surface area contributed by atoms with Crippen LogP contribution < -0.4 is 19.7 Å². The van der Waals surface area contributed by atoms with E-state index in [-0.39, 0.29) is 0 Å². The van der Waals surface area contributed by atoms with Gasteiger partial charge in [-0.15, -0.1) is 0 Å². The fraction of sp³-hybridized carbons (Fsp3) is 0.440. The number of fused-ring (bicyclic) bond motifs is 1. The van der Waals surface area contributed by atoms with Crippen molar-refractivity contribution in [2.24, 2.45) is 11.8 Å². The van der Waals surface area contributed by atoms with E-state index in [1.807, 2.05) is 36.7 Å². The van der Waals surface area contributed by atoms with Crippen molar-refractivity contribution in [1.29, 1.82) is 0 Å². The highest BCUT2D eigenvalue weighted by Crippen LogP contribution is 2.34. The largest absolute Gasteiger partial charge is 0.496 e. The van der Waals surface area contributed by atoms with Crippen LogP contribution in [0.2, 0.25) is 0 Å². The SMILES string of the molecule is COc1cccc2c1CC(CNCC1CCN(c3ncccn3)CC1)CO2.O=C(O)/C=C/C(=O)O. The molecule has 0 aliphatic carbocycles. The zero-order valence-electron chi connectivity index (χ0n) is 19.8. The van der Waals surface area contributed by atoms with Crippen molar-refractivity contribution in [2.75, 3.05) is 44.8 Å². The minimum absolute atomic E-state index is 0.492. The number of carbonyl (C=O) groups is 2. The molecule has 3 heterocycles. The van der Waals surface area contributed by atoms with Gasteiger partial charge in [0.25, 0.3) is 0 Å². The monoisotopic (exact) mass is 484 g/mol. The Balaban J connectivity index is 0.000000371. The number of carboxylic acids is 2. The van der Waals surface area contributed by atoms with Crippen LogP contribution in [-0.4, -0.2) is 72.0 Å². The molecule has 0 bridgehead atoms. The smallest absolute Gasteiger partial charge is 0.328 e. The van der Waals surface area contributed by atoms with Crippen LogP contribution in [0.5, 0.6) is 11.5 Å². The van der Waals surface area contributed by atoms with Crippen LogP contribution in [0.15, 0.2) is 48.8 Å². The molecule has 0 saturated carbocycles. The van der Waals surface area contributed by atoms with Crippen molar-refractivity contribution in [2.45, 2.75) is 19.3 Å². The number of carboxylic acid groups (broad SMARTS) is 2. The molecule has 1 unspecified atom stereocenters. The molecule has 1 fully saturated rings. The maximum absolute atomic E-state index is 9.55. The zero-order chi connectivity index (χ0) is 25.0. The number of ether oxygens (including phenoxy) is 2. The molecule has 2 aliphatic rings. The Labute approximate surface area is 204 Å². The molecule has 1 aromatic carbocycles. The quantitative estimate of drug-likeness (QED) is 0.479. The van der Waals surface area contributed by atoms with Crippen molar-refractivity contribution in [3.8, 4) is 11.5 Å². The lowest BCUT2D eigenvalue weighted by molar-refractivity contribution is -0.134. The first-order chi connectivity index (χ1) is 17.0. The molecule has 188 valence electrons. The molecule has 4 rings (SSSR count). The second-order valence-electron chi connectivity index (χ2n) is 8.47. The van der Waals surface area contributed by atoms with Crippen LogP contribution in [0.3, 0.4) is 0 Å². The topological polar surface area (TPSA) is 134 Å². The van der Waals surface area contributed by atoms with E-state index >= 15 is 0 Å². The summed E-state index contributed by atoms with van der Waals surface area (Å²) < 4.78 is 11.4. The molecule has 0 radical (unpaired) electrons. The number of piperidine rings is 1. The van der Waals surface area contributed by atoms with Gasteiger partial charge in [0.1, 0.15) is 11.5 Å². The van der Waals surface area contributed by atoms with Gasteiger partial charge in [0, 0.05) is 55.7 Å². The number of hydrogen-bond donors (Lipinski definition) is 3. The molecule has 10 nitrogen and oxygen atoms in total. The first-order valence-corrected chi connectivity index (χ1v) is 11.6. The van der Waals surface area contributed by atoms with Gasteiger partial charge >= 0.3 is 11.9 Å². The van der Waals surface area contributed by atoms with E-state index in [4.69, 9.17) is 19.7 Å². The molecular formula is C25H32N4O6. The Hall–Kier alpha value is -3.66. The van der Waals surface area contributed by atoms with Gasteiger partial charge in [-0.25, -0.2) is 19.6 Å². The summed E-state index contributed by atoms with van der Waals surface area (Å²) in [4.78, 5) is 30.1. The summed E-state index contributed by atoms with van der Waals surface area (Å²) >= 11 is 0. The number of rotatable bonds is 8. The third-order valence-electron chi connectivity index (χ3n) is 5.96. The van der Waals surface area contributed by atoms with E-state index in [1.165, 1.54) is 18.4 Å². The molecule has 3 N–H and O–H groups in total. The average molecular weight is 485 g/mol. The van der Waals surface area contributed by atoms with Crippen molar-refractivity contribution in [1.82, 2.24) is 15.3 Å². The van der Waals surface area contributed by atoms with Crippen molar-refractivity contribution >= 4 is 17.9 Å². The minimum Gasteiger partial charge on any atom is -0.496 e. The second-order valence-corrected chi connectivity index (χ2v) is 8.47. The number of aromatic nitrogens is 2. The molecule has 2 aliphatic heterocycles. The summed E-state index contributed by atoms with van der Waals surface area (Å²) in [6.07, 6.45) is 8.12. The van der Waals surface area contributed by atoms with E-state index in [1.54, 1.807) is 7.11 Å². The molecule has 0 amide bonds. The summed E-state index contributed by atoms with van der Waals surface area (Å²) in [7, 11) is 1.73. The average Bonchev–Trinajstić information content (AvgIpc) is 2.88. The number of nitrogens with one attached hydrogen (secondary N) is 1. The molecule has 1 atom stereocenters. The maximum Gasteiger partial charge on any atom is 0.328 e. The van der Waals surface area contributed by atoms with Gasteiger partial charge < -0.3 is 29.9 Å². The van der Waals surface area contributed by atoms with Crippen LogP contribution in [0.4, 0.5) is 5.95 Å². The van der Waals surface area contributed by atoms with Gasteiger partial charge in [-0.1, -0.05) is 6.07 Å². The first kappa shape index (κ1) is 26.0. The lowest BCUT2D eigenvalue weighted by atomic mass is 9.94. The summed E-state index contributed by atoms with van der Waals surface area (Å²) in [6, 6.07) is 7.90. The Morgan fingerprint density at radius 1 is 1.09 bits per heavy atom. The van der Waals surface area contributed by atoms with Gasteiger partial charge in [-0.05, 0) is 49.9 Å². The summed E-state index contributed by atoms with van der Waals surface area (Å²) in [5.41, 5.74) is 1.20. The third kappa shape index (κ3) is 8.25. The van der Waals surface area contributed by atoms with E-state index in [0.717, 1.165) is 62.6 Å². The fourth-order valence-corrected chi connectivity index (χ4v) is 4.19. The highest BCUT2D eigenvalue weighted by atomic mass is 16.5. The lowest BCUT2D eigenvalue weighted by Gasteiger charge is -2.32. The summed E-state index contributed by atoms with van der Waals surface area (Å²) in [5, 5.41) is 19.3. The standard InChI is InChI=1S/C21H28N4O2.C4H4O4/c1-26-19-4-2-5-20-18(19)12-17(15-27-20)14-22-13-16-6-10-25(11-7-16)21-23-8-3-9-24-21;5-3(6)1-2-4(7)8/h2-5,8-9,16-17,22H,6-7,10-15H2,1H3;1-2H,(H,5,6)(H,7,8)/b;2-1+. The van der Waals surface area contributed by atoms with Gasteiger partial charge in [-0.3, -0.25) is 0 Å². The number of benzene rings is 1. The highest BCUT2D eigenvalue weighted by Gasteiger charge is 2.24. The Bertz CT molecular complexity index is 962.